The molecule has 4 aliphatic carbocycles. The molecule has 0 nitrogen and oxygen atoms in total. The van der Waals surface area contributed by atoms with Crippen molar-refractivity contribution in [1.82, 2.24) is 0 Å². The van der Waals surface area contributed by atoms with Crippen LogP contribution in [0.25, 0.3) is 0 Å². The molecule has 4 aliphatic rings. The molecule has 0 bridgehead atoms. The lowest BCUT2D eigenvalue weighted by molar-refractivity contribution is 0.118. The van der Waals surface area contributed by atoms with Crippen molar-refractivity contribution in [2.45, 2.75) is 89.9 Å². The van der Waals surface area contributed by atoms with Gasteiger partial charge in [0.05, 0.1) is 0 Å². The van der Waals surface area contributed by atoms with Gasteiger partial charge >= 0.3 is 0 Å². The molecular formula is C21H34. The average molecular weight is 287 g/mol. The third-order valence-electron chi connectivity index (χ3n) is 7.44. The zero-order valence-corrected chi connectivity index (χ0v) is 13.9. The summed E-state index contributed by atoms with van der Waals surface area (Å²) in [6, 6.07) is 0. The predicted molar refractivity (Wildman–Crippen MR) is 90.2 cm³/mol. The zero-order valence-electron chi connectivity index (χ0n) is 13.9. The van der Waals surface area contributed by atoms with E-state index >= 15 is 0 Å². The van der Waals surface area contributed by atoms with Crippen molar-refractivity contribution < 1.29 is 0 Å². The Hall–Kier alpha value is -0.260. The number of hydrogen-bond acceptors (Lipinski definition) is 0. The van der Waals surface area contributed by atoms with Crippen molar-refractivity contribution in [3.8, 4) is 0 Å². The summed E-state index contributed by atoms with van der Waals surface area (Å²) in [6.45, 7) is 0. The van der Waals surface area contributed by atoms with Gasteiger partial charge in [0.15, 0.2) is 0 Å². The summed E-state index contributed by atoms with van der Waals surface area (Å²) in [5.74, 6) is 5.22. The van der Waals surface area contributed by atoms with E-state index in [0.29, 0.717) is 0 Å². The summed E-state index contributed by atoms with van der Waals surface area (Å²) < 4.78 is 0. The molecule has 3 atom stereocenters. The highest BCUT2D eigenvalue weighted by atomic mass is 14.5. The van der Waals surface area contributed by atoms with Gasteiger partial charge in [-0.3, -0.25) is 0 Å². The van der Waals surface area contributed by atoms with Gasteiger partial charge in [0.25, 0.3) is 0 Å². The smallest absolute Gasteiger partial charge is 0.0168 e. The summed E-state index contributed by atoms with van der Waals surface area (Å²) in [6.07, 6.45) is 24.2. The average Bonchev–Trinajstić information content (AvgIpc) is 3.00. The van der Waals surface area contributed by atoms with E-state index in [0.717, 1.165) is 29.6 Å². The lowest BCUT2D eigenvalue weighted by Crippen LogP contribution is -2.31. The molecule has 0 N–H and O–H groups in total. The van der Waals surface area contributed by atoms with Crippen LogP contribution in [0.4, 0.5) is 0 Å². The summed E-state index contributed by atoms with van der Waals surface area (Å²) in [5, 5.41) is 0. The SMILES string of the molecule is C1=C(C2CCCCC2)CC2CCCC(C3CCCCC3)C12. The molecule has 0 heteroatoms. The summed E-state index contributed by atoms with van der Waals surface area (Å²) >= 11 is 0. The molecule has 0 radical (unpaired) electrons. The molecule has 4 rings (SSSR count). The Labute approximate surface area is 131 Å². The number of rotatable bonds is 2. The molecule has 3 saturated carbocycles. The van der Waals surface area contributed by atoms with Crippen molar-refractivity contribution in [2.24, 2.45) is 29.6 Å². The van der Waals surface area contributed by atoms with Gasteiger partial charge in [-0.15, -0.1) is 0 Å². The monoisotopic (exact) mass is 286 g/mol. The van der Waals surface area contributed by atoms with Crippen LogP contribution in [0.5, 0.6) is 0 Å². The van der Waals surface area contributed by atoms with Gasteiger partial charge in [-0.05, 0) is 61.7 Å². The van der Waals surface area contributed by atoms with E-state index in [4.69, 9.17) is 0 Å². The second-order valence-corrected chi connectivity index (χ2v) is 8.61. The second-order valence-electron chi connectivity index (χ2n) is 8.61. The molecule has 0 aromatic heterocycles. The fourth-order valence-corrected chi connectivity index (χ4v) is 6.35. The van der Waals surface area contributed by atoms with Crippen LogP contribution in [0.2, 0.25) is 0 Å². The minimum absolute atomic E-state index is 0.997. The van der Waals surface area contributed by atoms with E-state index < -0.39 is 0 Å². The largest absolute Gasteiger partial charge is 0.0813 e. The summed E-state index contributed by atoms with van der Waals surface area (Å²) in [7, 11) is 0. The van der Waals surface area contributed by atoms with Crippen LogP contribution in [0.15, 0.2) is 11.6 Å². The van der Waals surface area contributed by atoms with E-state index in [2.05, 4.69) is 6.08 Å². The lowest BCUT2D eigenvalue weighted by Gasteiger charge is -2.40. The van der Waals surface area contributed by atoms with Crippen molar-refractivity contribution in [3.05, 3.63) is 11.6 Å². The molecule has 0 saturated heterocycles. The Morgan fingerprint density at radius 3 is 2.05 bits per heavy atom. The predicted octanol–water partition coefficient (Wildman–Crippen LogP) is 6.51. The van der Waals surface area contributed by atoms with Crippen molar-refractivity contribution in [3.63, 3.8) is 0 Å². The zero-order chi connectivity index (χ0) is 14.1. The first-order chi connectivity index (χ1) is 10.4. The number of fused-ring (bicyclic) bond motifs is 1. The van der Waals surface area contributed by atoms with Crippen molar-refractivity contribution in [2.75, 3.05) is 0 Å². The maximum absolute atomic E-state index is 2.85. The summed E-state index contributed by atoms with van der Waals surface area (Å²) in [5.41, 5.74) is 1.92. The fourth-order valence-electron chi connectivity index (χ4n) is 6.35. The Morgan fingerprint density at radius 1 is 0.619 bits per heavy atom. The highest BCUT2D eigenvalue weighted by molar-refractivity contribution is 5.19. The van der Waals surface area contributed by atoms with Gasteiger partial charge < -0.3 is 0 Å². The molecular weight excluding hydrogens is 252 g/mol. The first kappa shape index (κ1) is 14.3. The van der Waals surface area contributed by atoms with Crippen molar-refractivity contribution >= 4 is 0 Å². The normalized spacial score (nSPS) is 39.0. The van der Waals surface area contributed by atoms with Crippen LogP contribution in [-0.2, 0) is 0 Å². The highest BCUT2D eigenvalue weighted by Crippen LogP contribution is 2.51. The quantitative estimate of drug-likeness (QED) is 0.508. The van der Waals surface area contributed by atoms with Gasteiger partial charge in [-0.2, -0.15) is 0 Å². The molecule has 21 heavy (non-hydrogen) atoms. The van der Waals surface area contributed by atoms with Gasteiger partial charge in [-0.25, -0.2) is 0 Å². The van der Waals surface area contributed by atoms with Crippen LogP contribution >= 0.6 is 0 Å². The highest BCUT2D eigenvalue weighted by Gasteiger charge is 2.41. The molecule has 118 valence electrons. The molecule has 0 heterocycles. The Kier molecular flexibility index (Phi) is 4.42. The molecule has 0 aromatic rings. The van der Waals surface area contributed by atoms with Gasteiger partial charge in [0.1, 0.15) is 0 Å². The first-order valence-corrected chi connectivity index (χ1v) is 10.1. The molecule has 3 fully saturated rings. The minimum Gasteiger partial charge on any atom is -0.0813 e. The molecule has 0 amide bonds. The topological polar surface area (TPSA) is 0 Å². The molecule has 0 aliphatic heterocycles. The van der Waals surface area contributed by atoms with E-state index in [9.17, 15) is 0 Å². The van der Waals surface area contributed by atoms with E-state index in [-0.39, 0.29) is 0 Å². The first-order valence-electron chi connectivity index (χ1n) is 10.1. The lowest BCUT2D eigenvalue weighted by atomic mass is 9.65. The fraction of sp³-hybridized carbons (Fsp3) is 0.905. The Balaban J connectivity index is 1.47. The van der Waals surface area contributed by atoms with Crippen LogP contribution < -0.4 is 0 Å². The van der Waals surface area contributed by atoms with Crippen LogP contribution in [0.1, 0.15) is 89.9 Å². The molecule has 0 aromatic carbocycles. The van der Waals surface area contributed by atoms with Gasteiger partial charge in [0.2, 0.25) is 0 Å². The maximum Gasteiger partial charge on any atom is -0.0168 e. The van der Waals surface area contributed by atoms with Crippen LogP contribution in [0.3, 0.4) is 0 Å². The van der Waals surface area contributed by atoms with E-state index in [1.807, 2.05) is 5.57 Å². The number of hydrogen-bond donors (Lipinski definition) is 0. The maximum atomic E-state index is 2.85. The minimum atomic E-state index is 0.997. The van der Waals surface area contributed by atoms with Gasteiger partial charge in [0, 0.05) is 0 Å². The van der Waals surface area contributed by atoms with Crippen molar-refractivity contribution in [1.29, 1.82) is 0 Å². The molecule has 3 unspecified atom stereocenters. The number of allylic oxidation sites excluding steroid dienone is 2. The third-order valence-corrected chi connectivity index (χ3v) is 7.44. The van der Waals surface area contributed by atoms with E-state index in [1.54, 1.807) is 25.7 Å². The Bertz CT molecular complexity index is 367. The third kappa shape index (κ3) is 2.97. The van der Waals surface area contributed by atoms with Gasteiger partial charge in [-0.1, -0.05) is 69.4 Å². The summed E-state index contributed by atoms with van der Waals surface area (Å²) in [4.78, 5) is 0. The standard InChI is InChI=1S/C21H34/c1-3-8-16(9-4-1)19-14-18-12-7-13-20(21(18)15-19)17-10-5-2-6-11-17/h15-18,20-21H,1-14H2. The second kappa shape index (κ2) is 6.47. The van der Waals surface area contributed by atoms with Crippen LogP contribution in [-0.4, -0.2) is 0 Å². The Morgan fingerprint density at radius 2 is 1.29 bits per heavy atom. The molecule has 0 spiro atoms. The van der Waals surface area contributed by atoms with E-state index in [1.165, 1.54) is 64.2 Å². The van der Waals surface area contributed by atoms with Crippen LogP contribution in [0, 0.1) is 29.6 Å².